The average molecular weight is 412 g/mol. The fraction of sp³-hybridized carbons (Fsp3) is 0.318. The zero-order chi connectivity index (χ0) is 21.0. The second kappa shape index (κ2) is 9.05. The monoisotopic (exact) mass is 411 g/mol. The molecule has 1 unspecified atom stereocenters. The van der Waals surface area contributed by atoms with Gasteiger partial charge in [-0.05, 0) is 37.6 Å². The number of imidazole rings is 1. The second-order valence-electron chi connectivity index (χ2n) is 6.92. The number of benzene rings is 1. The van der Waals surface area contributed by atoms with Crippen LogP contribution in [0.3, 0.4) is 0 Å². The predicted molar refractivity (Wildman–Crippen MR) is 114 cm³/mol. The van der Waals surface area contributed by atoms with Crippen LogP contribution in [-0.2, 0) is 11.8 Å². The van der Waals surface area contributed by atoms with Gasteiger partial charge in [0.1, 0.15) is 17.6 Å². The molecule has 1 amide bonds. The van der Waals surface area contributed by atoms with Gasteiger partial charge in [-0.1, -0.05) is 12.1 Å². The minimum Gasteiger partial charge on any atom is -0.497 e. The van der Waals surface area contributed by atoms with Crippen LogP contribution in [0.2, 0.25) is 0 Å². The first-order valence-electron chi connectivity index (χ1n) is 9.39. The van der Waals surface area contributed by atoms with Crippen molar-refractivity contribution in [2.75, 3.05) is 7.11 Å². The number of hydrogen-bond donors (Lipinski definition) is 1. The Kier molecular flexibility index (Phi) is 6.49. The van der Waals surface area contributed by atoms with Gasteiger partial charge in [0.05, 0.1) is 7.11 Å². The first kappa shape index (κ1) is 20.8. The van der Waals surface area contributed by atoms with Crippen molar-refractivity contribution >= 4 is 23.0 Å². The van der Waals surface area contributed by atoms with Crippen molar-refractivity contribution < 1.29 is 14.3 Å². The summed E-state index contributed by atoms with van der Waals surface area (Å²) in [4.78, 5) is 31.6. The summed E-state index contributed by atoms with van der Waals surface area (Å²) in [6, 6.07) is 9.00. The van der Waals surface area contributed by atoms with Gasteiger partial charge in [0.15, 0.2) is 5.78 Å². The smallest absolute Gasteiger partial charge is 0.221 e. The number of rotatable bonds is 8. The van der Waals surface area contributed by atoms with Crippen molar-refractivity contribution in [1.82, 2.24) is 14.9 Å². The molecule has 0 saturated carbocycles. The van der Waals surface area contributed by atoms with Crippen LogP contribution in [0.25, 0.3) is 0 Å². The molecule has 0 bridgehead atoms. The Morgan fingerprint density at radius 1 is 1.21 bits per heavy atom. The number of amides is 1. The molecule has 2 aromatic heterocycles. The van der Waals surface area contributed by atoms with Crippen molar-refractivity contribution in [3.8, 4) is 5.75 Å². The summed E-state index contributed by atoms with van der Waals surface area (Å²) in [5.41, 5.74) is 1.61. The number of ketones is 1. The minimum atomic E-state index is -0.409. The Hall–Kier alpha value is -2.93. The normalized spacial score (nSPS) is 11.9. The van der Waals surface area contributed by atoms with E-state index in [1.165, 1.54) is 0 Å². The van der Waals surface area contributed by atoms with Crippen molar-refractivity contribution in [3.63, 3.8) is 0 Å². The quantitative estimate of drug-likeness (QED) is 0.569. The molecule has 6 nitrogen and oxygen atoms in total. The highest BCUT2D eigenvalue weighted by Crippen LogP contribution is 2.24. The lowest BCUT2D eigenvalue weighted by Gasteiger charge is -2.19. The number of hydrogen-bond acceptors (Lipinski definition) is 5. The van der Waals surface area contributed by atoms with E-state index in [9.17, 15) is 9.59 Å². The van der Waals surface area contributed by atoms with Crippen LogP contribution < -0.4 is 10.1 Å². The number of carbonyl (C=O) groups excluding carboxylic acids is 2. The number of ether oxygens (including phenoxy) is 1. The molecule has 0 saturated heterocycles. The minimum absolute atomic E-state index is 0.0000101. The topological polar surface area (TPSA) is 73.2 Å². The molecule has 0 radical (unpaired) electrons. The Labute approximate surface area is 174 Å². The maximum absolute atomic E-state index is 12.7. The molecule has 1 N–H and O–H groups in total. The highest BCUT2D eigenvalue weighted by molar-refractivity contribution is 7.12. The molecule has 0 aliphatic carbocycles. The van der Waals surface area contributed by atoms with Crippen molar-refractivity contribution in [3.05, 3.63) is 69.4 Å². The molecule has 3 aromatic rings. The molecule has 7 heteroatoms. The largest absolute Gasteiger partial charge is 0.497 e. The van der Waals surface area contributed by atoms with Crippen molar-refractivity contribution in [2.24, 2.45) is 7.05 Å². The van der Waals surface area contributed by atoms with E-state index in [-0.39, 0.29) is 24.5 Å². The zero-order valence-corrected chi connectivity index (χ0v) is 17.9. The Balaban J connectivity index is 1.72. The predicted octanol–water partition coefficient (Wildman–Crippen LogP) is 3.98. The number of nitrogens with one attached hydrogen (secondary N) is 1. The Bertz CT molecular complexity index is 1000. The number of methoxy groups -OCH3 is 1. The SMILES string of the molecule is COc1ccc(C(NC(=O)CCC(=O)c2cc(C)sc2C)c2nccn2C)cc1. The molecule has 3 rings (SSSR count). The van der Waals surface area contributed by atoms with E-state index in [4.69, 9.17) is 4.74 Å². The third-order valence-electron chi connectivity index (χ3n) is 4.79. The molecule has 1 atom stereocenters. The molecule has 2 heterocycles. The van der Waals surface area contributed by atoms with Crippen LogP contribution in [0.1, 0.15) is 50.4 Å². The lowest BCUT2D eigenvalue weighted by molar-refractivity contribution is -0.121. The van der Waals surface area contributed by atoms with Crippen molar-refractivity contribution in [2.45, 2.75) is 32.7 Å². The van der Waals surface area contributed by atoms with Crippen LogP contribution in [0.4, 0.5) is 0 Å². The maximum atomic E-state index is 12.7. The number of thiophene rings is 1. The van der Waals surface area contributed by atoms with Gasteiger partial charge in [-0.15, -0.1) is 11.3 Å². The van der Waals surface area contributed by atoms with E-state index in [0.29, 0.717) is 0 Å². The molecular weight excluding hydrogens is 386 g/mol. The van der Waals surface area contributed by atoms with E-state index in [1.807, 2.05) is 62.0 Å². The maximum Gasteiger partial charge on any atom is 0.221 e. The van der Waals surface area contributed by atoms with Gasteiger partial charge in [0.2, 0.25) is 5.91 Å². The molecule has 29 heavy (non-hydrogen) atoms. The summed E-state index contributed by atoms with van der Waals surface area (Å²) in [7, 11) is 3.50. The molecule has 0 fully saturated rings. The van der Waals surface area contributed by atoms with Crippen LogP contribution in [-0.4, -0.2) is 28.4 Å². The number of carbonyl (C=O) groups is 2. The Morgan fingerprint density at radius 3 is 2.48 bits per heavy atom. The second-order valence-corrected chi connectivity index (χ2v) is 8.38. The van der Waals surface area contributed by atoms with Gasteiger partial charge in [-0.2, -0.15) is 0 Å². The van der Waals surface area contributed by atoms with Crippen LogP contribution in [0.5, 0.6) is 5.75 Å². The lowest BCUT2D eigenvalue weighted by atomic mass is 10.0. The highest BCUT2D eigenvalue weighted by Gasteiger charge is 2.22. The highest BCUT2D eigenvalue weighted by atomic mass is 32.1. The third kappa shape index (κ3) is 4.92. The van der Waals surface area contributed by atoms with Crippen LogP contribution in [0.15, 0.2) is 42.7 Å². The first-order valence-corrected chi connectivity index (χ1v) is 10.2. The molecule has 0 aliphatic rings. The summed E-state index contributed by atoms with van der Waals surface area (Å²) in [6.45, 7) is 3.92. The van der Waals surface area contributed by atoms with E-state index in [0.717, 1.165) is 32.5 Å². The lowest BCUT2D eigenvalue weighted by Crippen LogP contribution is -2.31. The number of Topliss-reactive ketones (excluding diaryl/α,β-unsaturated/α-hetero) is 1. The van der Waals surface area contributed by atoms with Crippen molar-refractivity contribution in [1.29, 1.82) is 0 Å². The molecule has 1 aromatic carbocycles. The van der Waals surface area contributed by atoms with E-state index >= 15 is 0 Å². The fourth-order valence-corrected chi connectivity index (χ4v) is 4.19. The summed E-state index contributed by atoms with van der Waals surface area (Å²) in [5, 5.41) is 3.03. The molecule has 152 valence electrons. The average Bonchev–Trinajstić information content (AvgIpc) is 3.28. The number of aryl methyl sites for hydroxylation is 3. The molecule has 0 spiro atoms. The summed E-state index contributed by atoms with van der Waals surface area (Å²) < 4.78 is 7.09. The van der Waals surface area contributed by atoms with E-state index in [1.54, 1.807) is 24.6 Å². The molecular formula is C22H25N3O3S. The van der Waals surface area contributed by atoms with Gasteiger partial charge in [-0.25, -0.2) is 4.98 Å². The number of aromatic nitrogens is 2. The van der Waals surface area contributed by atoms with Gasteiger partial charge < -0.3 is 14.6 Å². The fourth-order valence-electron chi connectivity index (χ4n) is 3.25. The summed E-state index contributed by atoms with van der Waals surface area (Å²) in [6.07, 6.45) is 3.84. The summed E-state index contributed by atoms with van der Waals surface area (Å²) in [5.74, 6) is 1.27. The summed E-state index contributed by atoms with van der Waals surface area (Å²) >= 11 is 1.60. The van der Waals surface area contributed by atoms with E-state index < -0.39 is 6.04 Å². The van der Waals surface area contributed by atoms with Crippen LogP contribution in [0, 0.1) is 13.8 Å². The van der Waals surface area contributed by atoms with Gasteiger partial charge in [0.25, 0.3) is 0 Å². The number of nitrogens with zero attached hydrogens (tertiary/aromatic N) is 2. The third-order valence-corrected chi connectivity index (χ3v) is 5.76. The first-order chi connectivity index (χ1) is 13.9. The van der Waals surface area contributed by atoms with Gasteiger partial charge in [0, 0.05) is 47.6 Å². The zero-order valence-electron chi connectivity index (χ0n) is 17.1. The van der Waals surface area contributed by atoms with E-state index in [2.05, 4.69) is 10.3 Å². The van der Waals surface area contributed by atoms with Gasteiger partial charge >= 0.3 is 0 Å². The van der Waals surface area contributed by atoms with Gasteiger partial charge in [-0.3, -0.25) is 9.59 Å². The van der Waals surface area contributed by atoms with Crippen LogP contribution >= 0.6 is 11.3 Å². The Morgan fingerprint density at radius 2 is 1.93 bits per heavy atom. The molecule has 0 aliphatic heterocycles. The standard InChI is InChI=1S/C22H25N3O3S/c1-14-13-18(15(2)29-14)19(26)9-10-20(27)24-21(22-23-11-12-25(22)3)16-5-7-17(28-4)8-6-16/h5-8,11-13,21H,9-10H2,1-4H3,(H,24,27).